The van der Waals surface area contributed by atoms with Crippen molar-refractivity contribution in [2.45, 2.75) is 38.9 Å². The van der Waals surface area contributed by atoms with Crippen molar-refractivity contribution in [3.8, 4) is 0 Å². The van der Waals surface area contributed by atoms with E-state index in [9.17, 15) is 13.2 Å². The lowest BCUT2D eigenvalue weighted by atomic mass is 10.2. The molecule has 0 aromatic rings. The Morgan fingerprint density at radius 3 is 1.85 bits per heavy atom. The minimum absolute atomic E-state index is 0.648. The topological polar surface area (TPSA) is 67.8 Å². The summed E-state index contributed by atoms with van der Waals surface area (Å²) in [6.45, 7) is 4.32. The molecule has 0 saturated carbocycles. The van der Waals surface area contributed by atoms with Gasteiger partial charge in [-0.15, -0.1) is 0 Å². The zero-order valence-electron chi connectivity index (χ0n) is 7.65. The molecule has 1 atom stereocenters. The Kier molecular flexibility index (Phi) is 7.60. The molecule has 13 heavy (non-hydrogen) atoms. The summed E-state index contributed by atoms with van der Waals surface area (Å²) >= 11 is 0. The maximum Gasteiger partial charge on any atom is 0.430 e. The monoisotopic (exact) mass is 201 g/mol. The van der Waals surface area contributed by atoms with E-state index in [0.717, 1.165) is 0 Å². The number of carbonyl (C=O) groups excluding carboxylic acids is 1. The molecule has 3 nitrogen and oxygen atoms in total. The van der Waals surface area contributed by atoms with Crippen LogP contribution >= 0.6 is 0 Å². The lowest BCUT2D eigenvalue weighted by Gasteiger charge is -2.03. The predicted molar refractivity (Wildman–Crippen MR) is 38.3 cm³/mol. The van der Waals surface area contributed by atoms with Crippen molar-refractivity contribution in [1.29, 1.82) is 0 Å². The highest BCUT2D eigenvalue weighted by Crippen LogP contribution is 2.11. The largest absolute Gasteiger partial charge is 0.542 e. The number of hydrogen-bond donors (Lipinski definition) is 1. The first-order valence-electron chi connectivity index (χ1n) is 3.83. The standard InChI is InChI=1S/C5H13N.C2HF3O2/c1-3-4-5(2)6;3-2(4,5)1(6)7/h5H,3-4,6H2,1-2H3;(H,6,7). The van der Waals surface area contributed by atoms with Crippen LogP contribution in [-0.2, 0) is 4.79 Å². The molecule has 0 aliphatic rings. The second kappa shape index (κ2) is 6.71. The van der Waals surface area contributed by atoms with E-state index in [-0.39, 0.29) is 0 Å². The molecule has 0 aliphatic heterocycles. The van der Waals surface area contributed by atoms with Crippen molar-refractivity contribution in [1.82, 2.24) is 0 Å². The van der Waals surface area contributed by atoms with Gasteiger partial charge in [0.2, 0.25) is 0 Å². The van der Waals surface area contributed by atoms with Crippen molar-refractivity contribution in [3.05, 3.63) is 0 Å². The highest BCUT2D eigenvalue weighted by molar-refractivity contribution is 5.70. The highest BCUT2D eigenvalue weighted by atomic mass is 19.4. The van der Waals surface area contributed by atoms with E-state index in [0.29, 0.717) is 6.04 Å². The average Bonchev–Trinajstić information content (AvgIpc) is 1.85. The third-order valence-corrected chi connectivity index (χ3v) is 1.01. The molecule has 1 unspecified atom stereocenters. The molecule has 0 heterocycles. The van der Waals surface area contributed by atoms with Gasteiger partial charge in [-0.25, -0.2) is 0 Å². The highest BCUT2D eigenvalue weighted by Gasteiger charge is 2.28. The number of halogens is 3. The lowest BCUT2D eigenvalue weighted by Crippen LogP contribution is -2.58. The Balaban J connectivity index is 0. The van der Waals surface area contributed by atoms with Crippen LogP contribution in [0.15, 0.2) is 0 Å². The van der Waals surface area contributed by atoms with Gasteiger partial charge in [-0.3, -0.25) is 0 Å². The summed E-state index contributed by atoms with van der Waals surface area (Å²) in [6, 6.07) is 0.648. The van der Waals surface area contributed by atoms with Crippen LogP contribution in [0.2, 0.25) is 0 Å². The molecule has 0 spiro atoms. The normalized spacial score (nSPS) is 12.8. The number of alkyl halides is 3. The summed E-state index contributed by atoms with van der Waals surface area (Å²) < 4.78 is 31.5. The van der Waals surface area contributed by atoms with Crippen LogP contribution in [0.3, 0.4) is 0 Å². The number of carboxylic acids is 1. The van der Waals surface area contributed by atoms with E-state index in [2.05, 4.69) is 19.6 Å². The number of hydrogen-bond acceptors (Lipinski definition) is 2. The molecule has 0 aromatic carbocycles. The van der Waals surface area contributed by atoms with Crippen molar-refractivity contribution in [2.24, 2.45) is 0 Å². The van der Waals surface area contributed by atoms with Crippen LogP contribution in [0.4, 0.5) is 13.2 Å². The van der Waals surface area contributed by atoms with Gasteiger partial charge in [0, 0.05) is 0 Å². The van der Waals surface area contributed by atoms with Crippen LogP contribution in [0.1, 0.15) is 26.7 Å². The second-order valence-electron chi connectivity index (χ2n) is 2.68. The molecule has 0 saturated heterocycles. The fourth-order valence-corrected chi connectivity index (χ4v) is 0.493. The van der Waals surface area contributed by atoms with E-state index < -0.39 is 12.1 Å². The molecule has 0 aliphatic carbocycles. The Hall–Kier alpha value is -0.780. The van der Waals surface area contributed by atoms with Crippen molar-refractivity contribution in [3.63, 3.8) is 0 Å². The molecule has 0 rings (SSSR count). The minimum atomic E-state index is -5.19. The van der Waals surface area contributed by atoms with Crippen LogP contribution in [-0.4, -0.2) is 18.2 Å². The summed E-state index contributed by atoms with van der Waals surface area (Å²) in [5, 5.41) is 8.78. The number of quaternary nitrogens is 1. The fourth-order valence-electron chi connectivity index (χ4n) is 0.493. The van der Waals surface area contributed by atoms with Gasteiger partial charge in [-0.1, -0.05) is 13.3 Å². The zero-order chi connectivity index (χ0) is 11.1. The van der Waals surface area contributed by atoms with Gasteiger partial charge in [-0.05, 0) is 13.3 Å². The molecule has 0 bridgehead atoms. The maximum absolute atomic E-state index is 10.5. The number of aliphatic carboxylic acids is 1. The van der Waals surface area contributed by atoms with E-state index in [1.165, 1.54) is 12.8 Å². The molecule has 0 fully saturated rings. The zero-order valence-corrected chi connectivity index (χ0v) is 7.65. The molecule has 0 radical (unpaired) electrons. The number of rotatable bonds is 2. The van der Waals surface area contributed by atoms with Crippen molar-refractivity contribution >= 4 is 5.97 Å². The van der Waals surface area contributed by atoms with Gasteiger partial charge in [0.25, 0.3) is 0 Å². The molecular formula is C7H14F3NO2. The van der Waals surface area contributed by atoms with Gasteiger partial charge in [0.1, 0.15) is 5.97 Å². The van der Waals surface area contributed by atoms with Gasteiger partial charge in [-0.2, -0.15) is 13.2 Å². The van der Waals surface area contributed by atoms with Crippen LogP contribution in [0.25, 0.3) is 0 Å². The Morgan fingerprint density at radius 2 is 1.85 bits per heavy atom. The third-order valence-electron chi connectivity index (χ3n) is 1.01. The van der Waals surface area contributed by atoms with Crippen LogP contribution < -0.4 is 10.8 Å². The Bertz CT molecular complexity index is 145. The quantitative estimate of drug-likeness (QED) is 0.667. The summed E-state index contributed by atoms with van der Waals surface area (Å²) in [6.07, 6.45) is -2.66. The van der Waals surface area contributed by atoms with Gasteiger partial charge < -0.3 is 15.6 Å². The predicted octanol–water partition coefficient (Wildman–Crippen LogP) is -0.284. The Morgan fingerprint density at radius 1 is 1.54 bits per heavy atom. The second-order valence-corrected chi connectivity index (χ2v) is 2.68. The van der Waals surface area contributed by atoms with E-state index in [1.54, 1.807) is 0 Å². The first-order valence-corrected chi connectivity index (χ1v) is 3.83. The summed E-state index contributed by atoms with van der Waals surface area (Å²) in [7, 11) is 0. The first kappa shape index (κ1) is 14.7. The van der Waals surface area contributed by atoms with Crippen LogP contribution in [0.5, 0.6) is 0 Å². The molecular weight excluding hydrogens is 187 g/mol. The first-order chi connectivity index (χ1) is 5.71. The average molecular weight is 201 g/mol. The SMILES string of the molecule is CCCC(C)[NH3+].O=C([O-])C(F)(F)F. The number of carbonyl (C=O) groups is 1. The summed E-state index contributed by atoms with van der Waals surface area (Å²) in [4.78, 5) is 8.78. The third kappa shape index (κ3) is 14.1. The molecule has 80 valence electrons. The van der Waals surface area contributed by atoms with Gasteiger partial charge in [0.05, 0.1) is 6.04 Å². The molecule has 0 aromatic heterocycles. The fraction of sp³-hybridized carbons (Fsp3) is 0.857. The molecule has 0 amide bonds. The van der Waals surface area contributed by atoms with E-state index in [4.69, 9.17) is 9.90 Å². The smallest absolute Gasteiger partial charge is 0.430 e. The van der Waals surface area contributed by atoms with Gasteiger partial charge in [0.15, 0.2) is 0 Å². The van der Waals surface area contributed by atoms with Crippen LogP contribution in [0, 0.1) is 0 Å². The minimum Gasteiger partial charge on any atom is -0.542 e. The maximum atomic E-state index is 10.5. The lowest BCUT2D eigenvalue weighted by molar-refractivity contribution is -0.415. The van der Waals surface area contributed by atoms with Crippen molar-refractivity contribution in [2.75, 3.05) is 0 Å². The molecule has 6 heteroatoms. The van der Waals surface area contributed by atoms with Gasteiger partial charge >= 0.3 is 6.18 Å². The van der Waals surface area contributed by atoms with E-state index >= 15 is 0 Å². The van der Waals surface area contributed by atoms with E-state index in [1.807, 2.05) is 0 Å². The Labute approximate surface area is 74.7 Å². The number of carboxylic acid groups (broad SMARTS) is 1. The summed E-state index contributed by atoms with van der Waals surface area (Å²) in [5.41, 5.74) is 3.83. The molecule has 3 N–H and O–H groups in total. The summed E-state index contributed by atoms with van der Waals surface area (Å²) in [5.74, 6) is -3.01. The van der Waals surface area contributed by atoms with Crippen molar-refractivity contribution < 1.29 is 28.8 Å².